The molecule has 0 unspecified atom stereocenters. The molecule has 0 heterocycles. The third kappa shape index (κ3) is 2.66. The Kier molecular flexibility index (Phi) is 5.19. The van der Waals surface area contributed by atoms with Gasteiger partial charge in [0, 0.05) is 6.61 Å². The Morgan fingerprint density at radius 3 is 2.19 bits per heavy atom. The number of aliphatic hydroxyl groups excluding tert-OH is 2. The van der Waals surface area contributed by atoms with Crippen molar-refractivity contribution in [1.29, 1.82) is 0 Å². The van der Waals surface area contributed by atoms with E-state index in [-0.39, 0.29) is 16.9 Å². The molecule has 0 bridgehead atoms. The zero-order valence-electron chi connectivity index (χ0n) is 21.8. The van der Waals surface area contributed by atoms with Crippen molar-refractivity contribution in [3.8, 4) is 0 Å². The summed E-state index contributed by atoms with van der Waals surface area (Å²) in [4.78, 5) is 0. The van der Waals surface area contributed by atoms with Gasteiger partial charge >= 0.3 is 0 Å². The fourth-order valence-electron chi connectivity index (χ4n) is 11.5. The van der Waals surface area contributed by atoms with Gasteiger partial charge in [-0.3, -0.25) is 0 Å². The summed E-state index contributed by atoms with van der Waals surface area (Å²) >= 11 is 0. The fraction of sp³-hybridized carbons (Fsp3) is 0.933. The summed E-state index contributed by atoms with van der Waals surface area (Å²) in [5.41, 5.74) is 2.60. The third-order valence-corrected chi connectivity index (χ3v) is 13.5. The first-order valence-electron chi connectivity index (χ1n) is 13.8. The quantitative estimate of drug-likeness (QED) is 0.452. The molecule has 0 amide bonds. The Morgan fingerprint density at radius 1 is 0.812 bits per heavy atom. The van der Waals surface area contributed by atoms with Crippen LogP contribution in [0.2, 0.25) is 0 Å². The van der Waals surface area contributed by atoms with Crippen LogP contribution in [0.4, 0.5) is 0 Å². The van der Waals surface area contributed by atoms with Crippen molar-refractivity contribution in [3.05, 3.63) is 12.2 Å². The van der Waals surface area contributed by atoms with Crippen LogP contribution in [0.3, 0.4) is 0 Å². The van der Waals surface area contributed by atoms with Gasteiger partial charge < -0.3 is 10.2 Å². The summed E-state index contributed by atoms with van der Waals surface area (Å²) in [6.07, 6.45) is 12.2. The van der Waals surface area contributed by atoms with Crippen LogP contribution in [0.5, 0.6) is 0 Å². The standard InChI is InChI=1S/C30H50O2/c1-19(2)20-10-15-30(18-31)17-16-28(6)21(25(20)30)8-9-23-27(5)13-12-24(32)26(3,4)22(27)11-14-29(23,28)7/h20-25,31-32H,1,8-18H2,2-7H3/t20-,21+,22+,23+,24-,25-,27+,28+,29+,30+/m0/s1. The molecule has 5 aliphatic carbocycles. The second-order valence-corrected chi connectivity index (χ2v) is 14.6. The van der Waals surface area contributed by atoms with Crippen LogP contribution in [0.15, 0.2) is 12.2 Å². The first-order chi connectivity index (χ1) is 14.9. The van der Waals surface area contributed by atoms with Gasteiger partial charge in [-0.1, -0.05) is 46.8 Å². The van der Waals surface area contributed by atoms with E-state index in [1.54, 1.807) is 0 Å². The Morgan fingerprint density at radius 2 is 1.53 bits per heavy atom. The van der Waals surface area contributed by atoms with Gasteiger partial charge in [0.1, 0.15) is 0 Å². The van der Waals surface area contributed by atoms with E-state index in [9.17, 15) is 10.2 Å². The van der Waals surface area contributed by atoms with E-state index in [1.165, 1.54) is 63.4 Å². The molecule has 0 aromatic heterocycles. The molecule has 2 N–H and O–H groups in total. The Bertz CT molecular complexity index is 786. The maximum atomic E-state index is 10.9. The molecule has 0 aromatic rings. The Labute approximate surface area is 197 Å². The molecule has 5 rings (SSSR count). The molecule has 5 fully saturated rings. The molecule has 5 saturated carbocycles. The maximum Gasteiger partial charge on any atom is 0.0594 e. The van der Waals surface area contributed by atoms with Gasteiger partial charge in [-0.15, -0.1) is 0 Å². The number of aliphatic hydroxyl groups is 2. The van der Waals surface area contributed by atoms with Crippen LogP contribution < -0.4 is 0 Å². The highest BCUT2D eigenvalue weighted by Crippen LogP contribution is 2.77. The van der Waals surface area contributed by atoms with Gasteiger partial charge in [-0.05, 0) is 128 Å². The van der Waals surface area contributed by atoms with Gasteiger partial charge in [0.25, 0.3) is 0 Å². The van der Waals surface area contributed by atoms with E-state index in [0.29, 0.717) is 40.6 Å². The second-order valence-electron chi connectivity index (χ2n) is 14.6. The molecule has 182 valence electrons. The van der Waals surface area contributed by atoms with Crippen LogP contribution in [0.25, 0.3) is 0 Å². The molecule has 0 aromatic carbocycles. The van der Waals surface area contributed by atoms with Crippen molar-refractivity contribution >= 4 is 0 Å². The lowest BCUT2D eigenvalue weighted by molar-refractivity contribution is -0.249. The van der Waals surface area contributed by atoms with Crippen molar-refractivity contribution in [3.63, 3.8) is 0 Å². The predicted molar refractivity (Wildman–Crippen MR) is 132 cm³/mol. The normalized spacial score (nSPS) is 56.5. The van der Waals surface area contributed by atoms with Gasteiger partial charge in [0.15, 0.2) is 0 Å². The van der Waals surface area contributed by atoms with Crippen LogP contribution in [0.1, 0.15) is 106 Å². The zero-order chi connectivity index (χ0) is 23.3. The first-order valence-corrected chi connectivity index (χ1v) is 13.8. The minimum absolute atomic E-state index is 0.0290. The lowest BCUT2D eigenvalue weighted by atomic mass is 9.32. The van der Waals surface area contributed by atoms with Crippen molar-refractivity contribution in [2.24, 2.45) is 56.7 Å². The fourth-order valence-corrected chi connectivity index (χ4v) is 11.5. The molecule has 0 saturated heterocycles. The number of fused-ring (bicyclic) bond motifs is 7. The van der Waals surface area contributed by atoms with Crippen molar-refractivity contribution in [1.82, 2.24) is 0 Å². The molecule has 5 aliphatic rings. The Hall–Kier alpha value is -0.340. The van der Waals surface area contributed by atoms with Crippen molar-refractivity contribution in [2.75, 3.05) is 6.61 Å². The molecule has 0 aliphatic heterocycles. The smallest absolute Gasteiger partial charge is 0.0594 e. The summed E-state index contributed by atoms with van der Waals surface area (Å²) in [6.45, 7) is 19.7. The van der Waals surface area contributed by atoms with E-state index < -0.39 is 0 Å². The summed E-state index contributed by atoms with van der Waals surface area (Å²) in [6, 6.07) is 0. The van der Waals surface area contributed by atoms with E-state index in [2.05, 4.69) is 48.1 Å². The Balaban J connectivity index is 1.55. The highest BCUT2D eigenvalue weighted by atomic mass is 16.3. The van der Waals surface area contributed by atoms with Gasteiger partial charge in [-0.25, -0.2) is 0 Å². The van der Waals surface area contributed by atoms with Gasteiger partial charge in [0.2, 0.25) is 0 Å². The molecule has 10 atom stereocenters. The summed E-state index contributed by atoms with van der Waals surface area (Å²) < 4.78 is 0. The minimum atomic E-state index is -0.147. The molecule has 2 nitrogen and oxygen atoms in total. The van der Waals surface area contributed by atoms with Gasteiger partial charge in [-0.2, -0.15) is 0 Å². The van der Waals surface area contributed by atoms with Crippen LogP contribution in [-0.4, -0.2) is 22.9 Å². The lowest BCUT2D eigenvalue weighted by Crippen LogP contribution is -2.66. The van der Waals surface area contributed by atoms with Crippen LogP contribution in [0, 0.1) is 56.7 Å². The van der Waals surface area contributed by atoms with E-state index >= 15 is 0 Å². The monoisotopic (exact) mass is 442 g/mol. The second kappa shape index (κ2) is 7.09. The van der Waals surface area contributed by atoms with Crippen molar-refractivity contribution in [2.45, 2.75) is 112 Å². The topological polar surface area (TPSA) is 40.5 Å². The van der Waals surface area contributed by atoms with Crippen LogP contribution in [-0.2, 0) is 0 Å². The summed E-state index contributed by atoms with van der Waals surface area (Å²) in [5, 5.41) is 21.5. The van der Waals surface area contributed by atoms with E-state index in [4.69, 9.17) is 0 Å². The molecular formula is C30H50O2. The largest absolute Gasteiger partial charge is 0.396 e. The highest BCUT2D eigenvalue weighted by Gasteiger charge is 2.70. The predicted octanol–water partition coefficient (Wildman–Crippen LogP) is 7.00. The van der Waals surface area contributed by atoms with Gasteiger partial charge in [0.05, 0.1) is 6.10 Å². The number of allylic oxidation sites excluding steroid dienone is 1. The van der Waals surface area contributed by atoms with Crippen molar-refractivity contribution < 1.29 is 10.2 Å². The zero-order valence-corrected chi connectivity index (χ0v) is 21.8. The van der Waals surface area contributed by atoms with Crippen LogP contribution >= 0.6 is 0 Å². The van der Waals surface area contributed by atoms with E-state index in [1.807, 2.05) is 0 Å². The number of rotatable bonds is 2. The molecule has 32 heavy (non-hydrogen) atoms. The average Bonchev–Trinajstić information content (AvgIpc) is 3.12. The minimum Gasteiger partial charge on any atom is -0.396 e. The molecular weight excluding hydrogens is 392 g/mol. The first kappa shape index (κ1) is 23.4. The van der Waals surface area contributed by atoms with E-state index in [0.717, 1.165) is 18.3 Å². The highest BCUT2D eigenvalue weighted by molar-refractivity contribution is 5.21. The third-order valence-electron chi connectivity index (χ3n) is 13.5. The number of hydrogen-bond donors (Lipinski definition) is 2. The molecule has 0 radical (unpaired) electrons. The SMILES string of the molecule is C=C(C)[C@@H]1CC[C@]2(CO)CC[C@]3(C)[C@H](CC[C@@H]4[C@]5(C)CC[C@H](O)C(C)(C)[C@H]5CC[C@]43C)[C@H]12. The average molecular weight is 443 g/mol. The number of hydrogen-bond acceptors (Lipinski definition) is 2. The molecule has 0 spiro atoms. The maximum absolute atomic E-state index is 10.9. The summed E-state index contributed by atoms with van der Waals surface area (Å²) in [7, 11) is 0. The molecule has 2 heteroatoms. The summed E-state index contributed by atoms with van der Waals surface area (Å²) in [5.74, 6) is 3.33. The lowest BCUT2D eigenvalue weighted by Gasteiger charge is -2.73.